The Bertz CT molecular complexity index is 211. The van der Waals surface area contributed by atoms with Crippen LogP contribution < -0.4 is 5.32 Å². The van der Waals surface area contributed by atoms with Gasteiger partial charge >= 0.3 is 0 Å². The number of hydrogen-bond acceptors (Lipinski definition) is 1. The van der Waals surface area contributed by atoms with Gasteiger partial charge in [-0.2, -0.15) is 0 Å². The first-order valence-electron chi connectivity index (χ1n) is 6.55. The van der Waals surface area contributed by atoms with Crippen LogP contribution in [-0.2, 0) is 4.79 Å². The smallest absolute Gasteiger partial charge is 0.246 e. The van der Waals surface area contributed by atoms with Crippen molar-refractivity contribution in [2.75, 3.05) is 6.54 Å². The molecule has 0 aliphatic carbocycles. The van der Waals surface area contributed by atoms with E-state index in [0.717, 1.165) is 6.54 Å². The molecular formula is C14H27NO. The van der Waals surface area contributed by atoms with Crippen LogP contribution in [0.3, 0.4) is 0 Å². The molecule has 1 unspecified atom stereocenters. The van der Waals surface area contributed by atoms with Crippen molar-refractivity contribution in [1.29, 1.82) is 0 Å². The summed E-state index contributed by atoms with van der Waals surface area (Å²) in [5.74, 6) is 0.636. The number of carbonyl (C=O) groups excluding carboxylic acids is 1. The van der Waals surface area contributed by atoms with E-state index in [1.54, 1.807) is 6.92 Å². The first-order valence-corrected chi connectivity index (χ1v) is 6.55. The third kappa shape index (κ3) is 7.49. The van der Waals surface area contributed by atoms with Crippen LogP contribution in [0.1, 0.15) is 59.3 Å². The highest BCUT2D eigenvalue weighted by Gasteiger charge is 2.09. The minimum atomic E-state index is -0.00315. The average molecular weight is 225 g/mol. The van der Waals surface area contributed by atoms with E-state index >= 15 is 0 Å². The highest BCUT2D eigenvalue weighted by Crippen LogP contribution is 2.14. The zero-order chi connectivity index (χ0) is 12.4. The summed E-state index contributed by atoms with van der Waals surface area (Å²) in [5, 5.41) is 2.96. The van der Waals surface area contributed by atoms with E-state index in [2.05, 4.69) is 25.7 Å². The topological polar surface area (TPSA) is 29.1 Å². The molecule has 0 aromatic rings. The van der Waals surface area contributed by atoms with Crippen molar-refractivity contribution in [1.82, 2.24) is 5.32 Å². The lowest BCUT2D eigenvalue weighted by atomic mass is 9.96. The minimum Gasteiger partial charge on any atom is -0.352 e. The van der Waals surface area contributed by atoms with Crippen LogP contribution in [-0.4, -0.2) is 12.5 Å². The first-order chi connectivity index (χ1) is 7.61. The van der Waals surface area contributed by atoms with Crippen molar-refractivity contribution in [3.63, 3.8) is 0 Å². The molecule has 1 N–H and O–H groups in total. The molecule has 0 fully saturated rings. The summed E-state index contributed by atoms with van der Waals surface area (Å²) < 4.78 is 0. The standard InChI is InChI=1S/C14H27NO/c1-5-7-8-10-13(9-6-2)11-15-14(16)12(3)4/h13H,3,5-11H2,1-2,4H3,(H,15,16). The fourth-order valence-electron chi connectivity index (χ4n) is 1.83. The van der Waals surface area contributed by atoms with Gasteiger partial charge in [-0.25, -0.2) is 0 Å². The lowest BCUT2D eigenvalue weighted by Crippen LogP contribution is -2.29. The van der Waals surface area contributed by atoms with Crippen LogP contribution >= 0.6 is 0 Å². The summed E-state index contributed by atoms with van der Waals surface area (Å²) in [6.07, 6.45) is 7.48. The highest BCUT2D eigenvalue weighted by atomic mass is 16.1. The van der Waals surface area contributed by atoms with E-state index in [0.29, 0.717) is 11.5 Å². The van der Waals surface area contributed by atoms with Crippen LogP contribution in [0.25, 0.3) is 0 Å². The van der Waals surface area contributed by atoms with Gasteiger partial charge in [0.15, 0.2) is 0 Å². The van der Waals surface area contributed by atoms with E-state index in [1.807, 2.05) is 0 Å². The number of carbonyl (C=O) groups is 1. The second-order valence-corrected chi connectivity index (χ2v) is 4.64. The third-order valence-electron chi connectivity index (χ3n) is 2.85. The van der Waals surface area contributed by atoms with Crippen LogP contribution in [0.5, 0.6) is 0 Å². The molecule has 0 aliphatic heterocycles. The Balaban J connectivity index is 3.83. The van der Waals surface area contributed by atoms with Gasteiger partial charge in [-0.1, -0.05) is 46.1 Å². The van der Waals surface area contributed by atoms with Gasteiger partial charge in [0, 0.05) is 12.1 Å². The van der Waals surface area contributed by atoms with Crippen molar-refractivity contribution in [3.8, 4) is 0 Å². The number of hydrogen-bond donors (Lipinski definition) is 1. The lowest BCUT2D eigenvalue weighted by molar-refractivity contribution is -0.117. The Labute approximate surface area is 101 Å². The van der Waals surface area contributed by atoms with Crippen LogP contribution in [0.15, 0.2) is 12.2 Å². The largest absolute Gasteiger partial charge is 0.352 e. The average Bonchev–Trinajstić information content (AvgIpc) is 2.25. The van der Waals surface area contributed by atoms with E-state index in [9.17, 15) is 4.79 Å². The fraction of sp³-hybridized carbons (Fsp3) is 0.786. The Hall–Kier alpha value is -0.790. The van der Waals surface area contributed by atoms with Gasteiger partial charge < -0.3 is 5.32 Å². The monoisotopic (exact) mass is 225 g/mol. The van der Waals surface area contributed by atoms with Crippen molar-refractivity contribution >= 4 is 5.91 Å². The summed E-state index contributed by atoms with van der Waals surface area (Å²) in [6, 6.07) is 0. The normalized spacial score (nSPS) is 12.2. The quantitative estimate of drug-likeness (QED) is 0.471. The fourth-order valence-corrected chi connectivity index (χ4v) is 1.83. The molecule has 0 aliphatic rings. The third-order valence-corrected chi connectivity index (χ3v) is 2.85. The van der Waals surface area contributed by atoms with Gasteiger partial charge in [-0.05, 0) is 25.7 Å². The molecule has 0 bridgehead atoms. The van der Waals surface area contributed by atoms with Gasteiger partial charge in [0.1, 0.15) is 0 Å². The Morgan fingerprint density at radius 3 is 2.38 bits per heavy atom. The van der Waals surface area contributed by atoms with Gasteiger partial charge in [0.05, 0.1) is 0 Å². The predicted molar refractivity (Wildman–Crippen MR) is 70.4 cm³/mol. The van der Waals surface area contributed by atoms with Crippen molar-refractivity contribution in [2.24, 2.45) is 5.92 Å². The van der Waals surface area contributed by atoms with Gasteiger partial charge in [-0.3, -0.25) is 4.79 Å². The molecule has 94 valence electrons. The Morgan fingerprint density at radius 1 is 1.19 bits per heavy atom. The Kier molecular flexibility index (Phi) is 8.97. The van der Waals surface area contributed by atoms with Gasteiger partial charge in [0.25, 0.3) is 0 Å². The minimum absolute atomic E-state index is 0.00315. The second kappa shape index (κ2) is 9.44. The van der Waals surface area contributed by atoms with Crippen LogP contribution in [0.2, 0.25) is 0 Å². The maximum Gasteiger partial charge on any atom is 0.246 e. The molecule has 1 amide bonds. The van der Waals surface area contributed by atoms with Crippen LogP contribution in [0.4, 0.5) is 0 Å². The van der Waals surface area contributed by atoms with E-state index < -0.39 is 0 Å². The molecule has 0 saturated carbocycles. The van der Waals surface area contributed by atoms with Crippen molar-refractivity contribution in [2.45, 2.75) is 59.3 Å². The van der Waals surface area contributed by atoms with Crippen molar-refractivity contribution in [3.05, 3.63) is 12.2 Å². The van der Waals surface area contributed by atoms with Gasteiger partial charge in [0.2, 0.25) is 5.91 Å². The van der Waals surface area contributed by atoms with Gasteiger partial charge in [-0.15, -0.1) is 0 Å². The summed E-state index contributed by atoms with van der Waals surface area (Å²) >= 11 is 0. The molecule has 0 aromatic heterocycles. The molecule has 0 heterocycles. The molecule has 2 heteroatoms. The molecule has 0 spiro atoms. The van der Waals surface area contributed by atoms with Crippen LogP contribution in [0, 0.1) is 5.92 Å². The molecule has 2 nitrogen and oxygen atoms in total. The molecule has 16 heavy (non-hydrogen) atoms. The summed E-state index contributed by atoms with van der Waals surface area (Å²) in [6.45, 7) is 10.6. The molecule has 0 aromatic carbocycles. The number of nitrogens with one attached hydrogen (secondary N) is 1. The maximum atomic E-state index is 11.4. The maximum absolute atomic E-state index is 11.4. The zero-order valence-corrected chi connectivity index (χ0v) is 11.1. The molecular weight excluding hydrogens is 198 g/mol. The molecule has 0 radical (unpaired) electrons. The lowest BCUT2D eigenvalue weighted by Gasteiger charge is -2.16. The predicted octanol–water partition coefficient (Wildman–Crippen LogP) is 3.68. The van der Waals surface area contributed by atoms with E-state index in [4.69, 9.17) is 0 Å². The molecule has 0 saturated heterocycles. The molecule has 0 rings (SSSR count). The first kappa shape index (κ1) is 15.2. The van der Waals surface area contributed by atoms with Crippen molar-refractivity contribution < 1.29 is 4.79 Å². The number of rotatable bonds is 9. The number of amides is 1. The Morgan fingerprint density at radius 2 is 1.88 bits per heavy atom. The van der Waals surface area contributed by atoms with E-state index in [1.165, 1.54) is 38.5 Å². The highest BCUT2D eigenvalue weighted by molar-refractivity contribution is 5.92. The SMILES string of the molecule is C=C(C)C(=O)NCC(CCC)CCCCC. The van der Waals surface area contributed by atoms with E-state index in [-0.39, 0.29) is 5.91 Å². The summed E-state index contributed by atoms with van der Waals surface area (Å²) in [5.41, 5.74) is 0.601. The zero-order valence-electron chi connectivity index (χ0n) is 11.1. The second-order valence-electron chi connectivity index (χ2n) is 4.64. The summed E-state index contributed by atoms with van der Waals surface area (Å²) in [4.78, 5) is 11.4. The number of unbranched alkanes of at least 4 members (excludes halogenated alkanes) is 2. The molecule has 1 atom stereocenters. The summed E-state index contributed by atoms with van der Waals surface area (Å²) in [7, 11) is 0.